The topological polar surface area (TPSA) is 0 Å². The molecule has 0 unspecified atom stereocenters. The Hall–Kier alpha value is -1.50. The lowest BCUT2D eigenvalue weighted by Gasteiger charge is -2.18. The highest BCUT2D eigenvalue weighted by atomic mass is 14.2. The molecule has 0 bridgehead atoms. The molecule has 96 valence electrons. The Labute approximate surface area is 118 Å². The summed E-state index contributed by atoms with van der Waals surface area (Å²) >= 11 is 0. The van der Waals surface area contributed by atoms with Gasteiger partial charge in [-0.1, -0.05) is 34.8 Å². The summed E-state index contributed by atoms with van der Waals surface area (Å²) in [6, 6.07) is 6.65. The summed E-state index contributed by atoms with van der Waals surface area (Å²) in [4.78, 5) is 0. The SMILES string of the molecule is [B]c1c(C)cc(-c2ccc(C)c(C)c2C)c(C)c1C. The van der Waals surface area contributed by atoms with Gasteiger partial charge in [0.05, 0.1) is 0 Å². The molecule has 0 nitrogen and oxygen atoms in total. The van der Waals surface area contributed by atoms with E-state index in [1.165, 1.54) is 38.9 Å². The minimum Gasteiger partial charge on any atom is -0.0906 e. The summed E-state index contributed by atoms with van der Waals surface area (Å²) in [6.45, 7) is 12.9. The van der Waals surface area contributed by atoms with Gasteiger partial charge in [-0.2, -0.15) is 0 Å². The molecular formula is C18H21B. The van der Waals surface area contributed by atoms with Crippen LogP contribution in [0.2, 0.25) is 0 Å². The molecular weight excluding hydrogens is 227 g/mol. The number of hydrogen-bond acceptors (Lipinski definition) is 0. The van der Waals surface area contributed by atoms with Gasteiger partial charge in [-0.05, 0) is 74.9 Å². The molecule has 2 rings (SSSR count). The van der Waals surface area contributed by atoms with Crippen molar-refractivity contribution in [3.63, 3.8) is 0 Å². The molecule has 2 radical (unpaired) electrons. The first-order chi connectivity index (χ1) is 8.84. The van der Waals surface area contributed by atoms with Gasteiger partial charge in [0.1, 0.15) is 7.85 Å². The second-order valence-corrected chi connectivity index (χ2v) is 5.58. The zero-order chi connectivity index (χ0) is 14.3. The summed E-state index contributed by atoms with van der Waals surface area (Å²) in [5.41, 5.74) is 11.3. The van der Waals surface area contributed by atoms with Crippen molar-refractivity contribution in [1.29, 1.82) is 0 Å². The average molecular weight is 248 g/mol. The third-order valence-electron chi connectivity index (χ3n) is 4.50. The van der Waals surface area contributed by atoms with Gasteiger partial charge in [0, 0.05) is 0 Å². The Morgan fingerprint density at radius 3 is 1.84 bits per heavy atom. The molecule has 0 fully saturated rings. The largest absolute Gasteiger partial charge is 0.114 e. The zero-order valence-corrected chi connectivity index (χ0v) is 12.8. The van der Waals surface area contributed by atoms with Crippen molar-refractivity contribution >= 4 is 13.3 Å². The standard InChI is InChI=1S/C18H21B/c1-10-7-8-16(13(4)12(10)3)17-9-11(2)18(19)15(6)14(17)5/h7-9H,1-6H3. The van der Waals surface area contributed by atoms with Crippen molar-refractivity contribution in [2.75, 3.05) is 0 Å². The minimum absolute atomic E-state index is 0.919. The Bertz CT molecular complexity index is 651. The molecule has 0 aromatic heterocycles. The van der Waals surface area contributed by atoms with Crippen molar-refractivity contribution in [2.24, 2.45) is 0 Å². The quantitative estimate of drug-likeness (QED) is 0.669. The summed E-state index contributed by atoms with van der Waals surface area (Å²) in [5, 5.41) is 0. The maximum absolute atomic E-state index is 6.12. The number of hydrogen-bond donors (Lipinski definition) is 0. The number of benzene rings is 2. The van der Waals surface area contributed by atoms with Crippen LogP contribution >= 0.6 is 0 Å². The molecule has 0 aliphatic carbocycles. The third-order valence-corrected chi connectivity index (χ3v) is 4.50. The lowest BCUT2D eigenvalue weighted by Crippen LogP contribution is -2.14. The van der Waals surface area contributed by atoms with Gasteiger partial charge in [0.15, 0.2) is 0 Å². The lowest BCUT2D eigenvalue weighted by molar-refractivity contribution is 1.25. The summed E-state index contributed by atoms with van der Waals surface area (Å²) in [6.07, 6.45) is 0. The van der Waals surface area contributed by atoms with E-state index in [-0.39, 0.29) is 0 Å². The molecule has 2 aromatic carbocycles. The number of rotatable bonds is 1. The van der Waals surface area contributed by atoms with Crippen LogP contribution in [0.5, 0.6) is 0 Å². The van der Waals surface area contributed by atoms with E-state index in [1.807, 2.05) is 0 Å². The highest BCUT2D eigenvalue weighted by Gasteiger charge is 2.12. The van der Waals surface area contributed by atoms with Crippen molar-refractivity contribution in [2.45, 2.75) is 41.5 Å². The Balaban J connectivity index is 2.77. The molecule has 0 amide bonds. The monoisotopic (exact) mass is 248 g/mol. The van der Waals surface area contributed by atoms with E-state index >= 15 is 0 Å². The second-order valence-electron chi connectivity index (χ2n) is 5.58. The molecule has 0 saturated carbocycles. The number of aryl methyl sites for hydroxylation is 2. The average Bonchev–Trinajstić information content (AvgIpc) is 2.39. The van der Waals surface area contributed by atoms with Crippen LogP contribution in [0.3, 0.4) is 0 Å². The normalized spacial score (nSPS) is 10.8. The van der Waals surface area contributed by atoms with E-state index in [2.05, 4.69) is 59.7 Å². The van der Waals surface area contributed by atoms with Crippen LogP contribution in [0.1, 0.15) is 33.4 Å². The van der Waals surface area contributed by atoms with Gasteiger partial charge in [-0.25, -0.2) is 0 Å². The predicted octanol–water partition coefficient (Wildman–Crippen LogP) is 4.00. The van der Waals surface area contributed by atoms with Crippen LogP contribution in [0.25, 0.3) is 11.1 Å². The first kappa shape index (κ1) is 13.9. The maximum Gasteiger partial charge on any atom is 0.114 e. The minimum atomic E-state index is 0.919. The van der Waals surface area contributed by atoms with Crippen LogP contribution < -0.4 is 5.46 Å². The van der Waals surface area contributed by atoms with E-state index in [4.69, 9.17) is 7.85 Å². The van der Waals surface area contributed by atoms with Crippen molar-refractivity contribution in [1.82, 2.24) is 0 Å². The fourth-order valence-corrected chi connectivity index (χ4v) is 2.63. The zero-order valence-electron chi connectivity index (χ0n) is 12.8. The Morgan fingerprint density at radius 1 is 0.632 bits per heavy atom. The molecule has 0 aliphatic rings. The van der Waals surface area contributed by atoms with Crippen LogP contribution in [0.4, 0.5) is 0 Å². The van der Waals surface area contributed by atoms with Gasteiger partial charge < -0.3 is 0 Å². The molecule has 19 heavy (non-hydrogen) atoms. The maximum atomic E-state index is 6.12. The van der Waals surface area contributed by atoms with Crippen LogP contribution in [-0.2, 0) is 0 Å². The van der Waals surface area contributed by atoms with Gasteiger partial charge >= 0.3 is 0 Å². The fraction of sp³-hybridized carbons (Fsp3) is 0.333. The molecule has 2 aromatic rings. The Morgan fingerprint density at radius 2 is 1.21 bits per heavy atom. The highest BCUT2D eigenvalue weighted by molar-refractivity contribution is 6.34. The first-order valence-electron chi connectivity index (χ1n) is 6.78. The molecule has 1 heteroatoms. The summed E-state index contributed by atoms with van der Waals surface area (Å²) < 4.78 is 0. The van der Waals surface area contributed by atoms with Crippen molar-refractivity contribution in [3.05, 3.63) is 51.6 Å². The fourth-order valence-electron chi connectivity index (χ4n) is 2.63. The van der Waals surface area contributed by atoms with Crippen LogP contribution in [-0.4, -0.2) is 7.85 Å². The summed E-state index contributed by atoms with van der Waals surface area (Å²) in [7, 11) is 6.12. The molecule has 0 N–H and O–H groups in total. The van der Waals surface area contributed by atoms with Gasteiger partial charge in [0.2, 0.25) is 0 Å². The van der Waals surface area contributed by atoms with E-state index in [9.17, 15) is 0 Å². The molecule has 0 aliphatic heterocycles. The predicted molar refractivity (Wildman–Crippen MR) is 85.7 cm³/mol. The first-order valence-corrected chi connectivity index (χ1v) is 6.78. The van der Waals surface area contributed by atoms with E-state index in [0.717, 1.165) is 11.0 Å². The van der Waals surface area contributed by atoms with Crippen LogP contribution in [0.15, 0.2) is 18.2 Å². The van der Waals surface area contributed by atoms with Gasteiger partial charge in [0.25, 0.3) is 0 Å². The van der Waals surface area contributed by atoms with E-state index in [1.54, 1.807) is 0 Å². The van der Waals surface area contributed by atoms with Gasteiger partial charge in [-0.15, -0.1) is 0 Å². The summed E-state index contributed by atoms with van der Waals surface area (Å²) in [5.74, 6) is 0. The molecule has 0 atom stereocenters. The van der Waals surface area contributed by atoms with Crippen LogP contribution in [0, 0.1) is 41.5 Å². The lowest BCUT2D eigenvalue weighted by atomic mass is 9.80. The highest BCUT2D eigenvalue weighted by Crippen LogP contribution is 2.31. The van der Waals surface area contributed by atoms with Crippen molar-refractivity contribution in [3.8, 4) is 11.1 Å². The molecule has 0 saturated heterocycles. The molecule has 0 heterocycles. The Kier molecular flexibility index (Phi) is 3.58. The second kappa shape index (κ2) is 4.88. The molecule has 0 spiro atoms. The van der Waals surface area contributed by atoms with E-state index in [0.29, 0.717) is 0 Å². The van der Waals surface area contributed by atoms with E-state index < -0.39 is 0 Å². The van der Waals surface area contributed by atoms with Crippen molar-refractivity contribution < 1.29 is 0 Å². The smallest absolute Gasteiger partial charge is 0.0906 e. The van der Waals surface area contributed by atoms with Gasteiger partial charge in [-0.3, -0.25) is 0 Å². The third kappa shape index (κ3) is 2.23.